The second-order valence-corrected chi connectivity index (χ2v) is 8.65. The number of carbonyl (C=O) groups is 1. The number of nitrogens with zero attached hydrogens (tertiary/aromatic N) is 4. The van der Waals surface area contributed by atoms with Crippen LogP contribution in [0.15, 0.2) is 42.6 Å². The molecule has 1 aliphatic carbocycles. The van der Waals surface area contributed by atoms with E-state index in [1.165, 1.54) is 17.0 Å². The third-order valence-corrected chi connectivity index (χ3v) is 6.67. The van der Waals surface area contributed by atoms with Gasteiger partial charge in [-0.25, -0.2) is 0 Å². The Morgan fingerprint density at radius 1 is 0.879 bits per heavy atom. The molecule has 1 aromatic carbocycles. The second-order valence-electron chi connectivity index (χ2n) is 8.65. The largest absolute Gasteiger partial charge is 0.417 e. The Bertz CT molecular complexity index is 1200. The van der Waals surface area contributed by atoms with Crippen molar-refractivity contribution in [2.75, 3.05) is 13.1 Å². The fourth-order valence-electron chi connectivity index (χ4n) is 5.18. The Labute approximate surface area is 184 Å². The summed E-state index contributed by atoms with van der Waals surface area (Å²) < 4.78 is 80.5. The first-order valence-electron chi connectivity index (χ1n) is 10.4. The lowest BCUT2D eigenvalue weighted by molar-refractivity contribution is -0.139. The predicted octanol–water partition coefficient (Wildman–Crippen LogP) is 5.03. The molecule has 5 rings (SSSR count). The highest BCUT2D eigenvalue weighted by Crippen LogP contribution is 2.49. The van der Waals surface area contributed by atoms with Crippen LogP contribution in [0, 0.1) is 11.8 Å². The first kappa shape index (κ1) is 21.7. The normalized spacial score (nSPS) is 23.3. The van der Waals surface area contributed by atoms with E-state index in [-0.39, 0.29) is 34.8 Å². The van der Waals surface area contributed by atoms with E-state index in [2.05, 4.69) is 10.2 Å². The van der Waals surface area contributed by atoms with Crippen molar-refractivity contribution in [3.8, 4) is 0 Å². The van der Waals surface area contributed by atoms with Gasteiger partial charge in [-0.1, -0.05) is 18.2 Å². The van der Waals surface area contributed by atoms with E-state index in [4.69, 9.17) is 0 Å². The standard InChI is InChI=1S/C22H18F6N4O/c23-21(24,25)15-5-6-18-29-30-19(32(18)11-15)20(33)31-9-13-7-12(8-14(13)10-31)16-3-1-2-4-17(16)22(26,27)28/h1-6,11-14H,7-10H2/t12-,13+,14-. The molecule has 0 spiro atoms. The van der Waals surface area contributed by atoms with E-state index in [1.807, 2.05) is 0 Å². The fourth-order valence-corrected chi connectivity index (χ4v) is 5.18. The maximum absolute atomic E-state index is 13.4. The minimum absolute atomic E-state index is 0.0187. The molecule has 0 unspecified atom stereocenters. The summed E-state index contributed by atoms with van der Waals surface area (Å²) in [5.74, 6) is -0.966. The third kappa shape index (κ3) is 3.83. The molecule has 1 saturated heterocycles. The Balaban J connectivity index is 1.34. The number of amides is 1. The lowest BCUT2D eigenvalue weighted by atomic mass is 9.91. The summed E-state index contributed by atoms with van der Waals surface area (Å²) >= 11 is 0. The zero-order valence-corrected chi connectivity index (χ0v) is 17.1. The molecule has 2 aliphatic rings. The number of alkyl halides is 6. The first-order valence-corrected chi connectivity index (χ1v) is 10.4. The van der Waals surface area contributed by atoms with Gasteiger partial charge in [-0.15, -0.1) is 10.2 Å². The Morgan fingerprint density at radius 2 is 1.55 bits per heavy atom. The molecule has 5 nitrogen and oxygen atoms in total. The van der Waals surface area contributed by atoms with Crippen LogP contribution in [0.1, 0.15) is 46.1 Å². The lowest BCUT2D eigenvalue weighted by Gasteiger charge is -2.21. The van der Waals surface area contributed by atoms with Crippen molar-refractivity contribution in [3.05, 3.63) is 65.1 Å². The molecule has 174 valence electrons. The van der Waals surface area contributed by atoms with Gasteiger partial charge in [-0.05, 0) is 54.4 Å². The molecule has 1 amide bonds. The summed E-state index contributed by atoms with van der Waals surface area (Å²) in [6.07, 6.45) is -7.18. The summed E-state index contributed by atoms with van der Waals surface area (Å²) in [4.78, 5) is 14.5. The van der Waals surface area contributed by atoms with Gasteiger partial charge >= 0.3 is 12.4 Å². The Kier molecular flexibility index (Phi) is 4.91. The number of likely N-dealkylation sites (tertiary alicyclic amines) is 1. The number of pyridine rings is 1. The van der Waals surface area contributed by atoms with Crippen LogP contribution in [0.2, 0.25) is 0 Å². The lowest BCUT2D eigenvalue weighted by Crippen LogP contribution is -2.31. The van der Waals surface area contributed by atoms with Gasteiger partial charge < -0.3 is 4.90 Å². The maximum Gasteiger partial charge on any atom is 0.417 e. The van der Waals surface area contributed by atoms with E-state index < -0.39 is 29.4 Å². The quantitative estimate of drug-likeness (QED) is 0.496. The molecule has 3 heterocycles. The van der Waals surface area contributed by atoms with Gasteiger partial charge in [-0.3, -0.25) is 9.20 Å². The number of rotatable bonds is 2. The summed E-state index contributed by atoms with van der Waals surface area (Å²) in [5, 5.41) is 7.57. The molecule has 0 bridgehead atoms. The molecule has 33 heavy (non-hydrogen) atoms. The van der Waals surface area contributed by atoms with Crippen molar-refractivity contribution < 1.29 is 31.1 Å². The van der Waals surface area contributed by atoms with E-state index in [0.29, 0.717) is 25.9 Å². The molecule has 3 atom stereocenters. The second kappa shape index (κ2) is 7.46. The average Bonchev–Trinajstić information content (AvgIpc) is 3.44. The van der Waals surface area contributed by atoms with Crippen LogP contribution in [-0.4, -0.2) is 38.5 Å². The van der Waals surface area contributed by atoms with E-state index in [1.54, 1.807) is 6.07 Å². The van der Waals surface area contributed by atoms with Gasteiger partial charge in [-0.2, -0.15) is 26.3 Å². The third-order valence-electron chi connectivity index (χ3n) is 6.67. The molecular formula is C22H18F6N4O. The highest BCUT2D eigenvalue weighted by Gasteiger charge is 2.45. The van der Waals surface area contributed by atoms with E-state index in [9.17, 15) is 31.1 Å². The number of benzene rings is 1. The van der Waals surface area contributed by atoms with Gasteiger partial charge in [0, 0.05) is 19.3 Å². The van der Waals surface area contributed by atoms with Crippen LogP contribution in [-0.2, 0) is 12.4 Å². The van der Waals surface area contributed by atoms with Crippen molar-refractivity contribution in [2.45, 2.75) is 31.1 Å². The van der Waals surface area contributed by atoms with Crippen molar-refractivity contribution in [3.63, 3.8) is 0 Å². The van der Waals surface area contributed by atoms with E-state index >= 15 is 0 Å². The SMILES string of the molecule is O=C(c1nnc2ccc(C(F)(F)F)cn12)N1C[C@H]2C[C@H](c3ccccc3C(F)(F)F)C[C@H]2C1. The van der Waals surface area contributed by atoms with Crippen molar-refractivity contribution >= 4 is 11.6 Å². The highest BCUT2D eigenvalue weighted by molar-refractivity contribution is 5.91. The summed E-state index contributed by atoms with van der Waals surface area (Å²) in [7, 11) is 0. The van der Waals surface area contributed by atoms with Crippen LogP contribution < -0.4 is 0 Å². The van der Waals surface area contributed by atoms with E-state index in [0.717, 1.165) is 28.8 Å². The minimum atomic E-state index is -4.58. The summed E-state index contributed by atoms with van der Waals surface area (Å²) in [6.45, 7) is 0.643. The molecule has 1 saturated carbocycles. The van der Waals surface area contributed by atoms with Gasteiger partial charge in [0.2, 0.25) is 5.82 Å². The molecule has 2 fully saturated rings. The number of hydrogen-bond acceptors (Lipinski definition) is 3. The summed E-state index contributed by atoms with van der Waals surface area (Å²) in [5.41, 5.74) is -1.15. The Morgan fingerprint density at radius 3 is 2.18 bits per heavy atom. The van der Waals surface area contributed by atoms with Crippen LogP contribution in [0.5, 0.6) is 0 Å². The molecule has 3 aromatic rings. The first-order chi connectivity index (χ1) is 15.5. The molecule has 2 aromatic heterocycles. The number of fused-ring (bicyclic) bond motifs is 2. The van der Waals surface area contributed by atoms with Gasteiger partial charge in [0.05, 0.1) is 11.1 Å². The maximum atomic E-state index is 13.4. The molecular weight excluding hydrogens is 450 g/mol. The average molecular weight is 468 g/mol. The molecule has 0 N–H and O–H groups in total. The van der Waals surface area contributed by atoms with Crippen molar-refractivity contribution in [2.24, 2.45) is 11.8 Å². The molecule has 1 aliphatic heterocycles. The molecule has 0 radical (unpaired) electrons. The smallest absolute Gasteiger partial charge is 0.335 e. The van der Waals surface area contributed by atoms with Crippen LogP contribution in [0.25, 0.3) is 5.65 Å². The highest BCUT2D eigenvalue weighted by atomic mass is 19.4. The van der Waals surface area contributed by atoms with Crippen LogP contribution in [0.3, 0.4) is 0 Å². The van der Waals surface area contributed by atoms with Gasteiger partial charge in [0.1, 0.15) is 0 Å². The van der Waals surface area contributed by atoms with Crippen molar-refractivity contribution in [1.29, 1.82) is 0 Å². The van der Waals surface area contributed by atoms with Crippen LogP contribution >= 0.6 is 0 Å². The molecule has 11 heteroatoms. The zero-order chi connectivity index (χ0) is 23.5. The predicted molar refractivity (Wildman–Crippen MR) is 104 cm³/mol. The topological polar surface area (TPSA) is 50.5 Å². The fraction of sp³-hybridized carbons (Fsp3) is 0.409. The number of halogens is 6. The van der Waals surface area contributed by atoms with Gasteiger partial charge in [0.25, 0.3) is 5.91 Å². The minimum Gasteiger partial charge on any atom is -0.335 e. The van der Waals surface area contributed by atoms with Gasteiger partial charge in [0.15, 0.2) is 5.65 Å². The number of carbonyl (C=O) groups excluding carboxylic acids is 1. The van der Waals surface area contributed by atoms with Crippen LogP contribution in [0.4, 0.5) is 26.3 Å². The Hall–Kier alpha value is -3.11. The zero-order valence-electron chi connectivity index (χ0n) is 17.1. The van der Waals surface area contributed by atoms with Crippen molar-refractivity contribution in [1.82, 2.24) is 19.5 Å². The number of hydrogen-bond donors (Lipinski definition) is 0. The monoisotopic (exact) mass is 468 g/mol. The number of aromatic nitrogens is 3. The summed E-state index contributed by atoms with van der Waals surface area (Å²) in [6, 6.07) is 7.59.